The number of carbonyl (C=O) groups excluding carboxylic acids is 1. The zero-order valence-corrected chi connectivity index (χ0v) is 17.4. The van der Waals surface area contributed by atoms with E-state index < -0.39 is 5.60 Å². The Hall–Kier alpha value is -1.16. The maximum Gasteiger partial charge on any atom is 0.201 e. The van der Waals surface area contributed by atoms with E-state index in [0.29, 0.717) is 24.0 Å². The minimum Gasteiger partial charge on any atom is -0.449 e. The van der Waals surface area contributed by atoms with Gasteiger partial charge in [-0.05, 0) is 99.7 Å². The molecule has 1 N–H and O–H groups in total. The molecule has 0 radical (unpaired) electrons. The van der Waals surface area contributed by atoms with Crippen molar-refractivity contribution in [3.63, 3.8) is 0 Å². The molecule has 4 heteroatoms. The van der Waals surface area contributed by atoms with E-state index in [4.69, 9.17) is 4.42 Å². The smallest absolute Gasteiger partial charge is 0.201 e. The molecule has 0 unspecified atom stereocenters. The summed E-state index contributed by atoms with van der Waals surface area (Å²) in [5.41, 5.74) is -0.278. The van der Waals surface area contributed by atoms with Gasteiger partial charge in [0.2, 0.25) is 5.89 Å². The van der Waals surface area contributed by atoms with E-state index in [9.17, 15) is 9.90 Å². The fraction of sp³-hybridized carbons (Fsp3) is 0.833. The standard InChI is InChI=1S/C24H35NO3/c1-23(27)9-7-16-15(14-23)3-4-18-17(16)8-10-24(2)19(18)5-6-20(24)21(26)13-22-25-11-12-28-22/h11-12,15-20,27H,3-10,13-14H2,1-2H3/t15-,16-,17+,18+,19-,20+,23+,24-/m0/s1. The van der Waals surface area contributed by atoms with Gasteiger partial charge in [0, 0.05) is 5.92 Å². The molecule has 1 aromatic heterocycles. The highest BCUT2D eigenvalue weighted by Gasteiger charge is 2.58. The van der Waals surface area contributed by atoms with Gasteiger partial charge in [0.25, 0.3) is 0 Å². The van der Waals surface area contributed by atoms with Gasteiger partial charge < -0.3 is 9.52 Å². The van der Waals surface area contributed by atoms with Crippen molar-refractivity contribution < 1.29 is 14.3 Å². The molecule has 4 aliphatic rings. The second-order valence-corrected chi connectivity index (χ2v) is 10.9. The Bertz CT molecular complexity index is 726. The SMILES string of the molecule is C[C@@]1(O)CC[C@H]2[C@@H](CC[C@@H]3[C@@H]2CC[C@]2(C)[C@@H](C(=O)Cc4ncco4)CC[C@@H]32)C1. The summed E-state index contributed by atoms with van der Waals surface area (Å²) >= 11 is 0. The topological polar surface area (TPSA) is 63.3 Å². The Labute approximate surface area is 168 Å². The molecule has 5 rings (SSSR count). The second kappa shape index (κ2) is 6.68. The van der Waals surface area contributed by atoms with Gasteiger partial charge in [-0.3, -0.25) is 4.79 Å². The Kier molecular flexibility index (Phi) is 4.50. The molecule has 8 atom stereocenters. The van der Waals surface area contributed by atoms with Crippen molar-refractivity contribution in [1.29, 1.82) is 0 Å². The molecule has 4 saturated carbocycles. The summed E-state index contributed by atoms with van der Waals surface area (Å²) in [5, 5.41) is 10.6. The molecule has 0 aromatic carbocycles. The Balaban J connectivity index is 1.32. The summed E-state index contributed by atoms with van der Waals surface area (Å²) in [5.74, 6) is 4.94. The van der Waals surface area contributed by atoms with Gasteiger partial charge in [0.05, 0.1) is 18.2 Å². The highest BCUT2D eigenvalue weighted by molar-refractivity contribution is 5.83. The van der Waals surface area contributed by atoms with Crippen molar-refractivity contribution in [2.24, 2.45) is 40.9 Å². The summed E-state index contributed by atoms with van der Waals surface area (Å²) in [6.45, 7) is 4.45. The molecule has 0 aliphatic heterocycles. The lowest BCUT2D eigenvalue weighted by atomic mass is 9.49. The Morgan fingerprint density at radius 2 is 1.93 bits per heavy atom. The maximum atomic E-state index is 13.1. The van der Waals surface area contributed by atoms with Gasteiger partial charge in [-0.15, -0.1) is 0 Å². The van der Waals surface area contributed by atoms with Gasteiger partial charge in [-0.1, -0.05) is 6.92 Å². The normalized spacial score (nSPS) is 47.8. The number of nitrogens with zero attached hydrogens (tertiary/aromatic N) is 1. The number of fused-ring (bicyclic) bond motifs is 5. The predicted octanol–water partition coefficient (Wildman–Crippen LogP) is 4.81. The van der Waals surface area contributed by atoms with E-state index in [1.54, 1.807) is 12.5 Å². The van der Waals surface area contributed by atoms with Crippen LogP contribution >= 0.6 is 0 Å². The molecular formula is C24H35NO3. The zero-order chi connectivity index (χ0) is 19.5. The number of aliphatic hydroxyl groups is 1. The monoisotopic (exact) mass is 385 g/mol. The van der Waals surface area contributed by atoms with Crippen LogP contribution in [-0.4, -0.2) is 21.5 Å². The van der Waals surface area contributed by atoms with E-state index in [2.05, 4.69) is 11.9 Å². The molecule has 1 heterocycles. The van der Waals surface area contributed by atoms with Crippen LogP contribution in [0.5, 0.6) is 0 Å². The van der Waals surface area contributed by atoms with E-state index in [1.165, 1.54) is 38.5 Å². The van der Waals surface area contributed by atoms with Crippen LogP contribution in [-0.2, 0) is 11.2 Å². The highest BCUT2D eigenvalue weighted by Crippen LogP contribution is 2.64. The molecule has 0 saturated heterocycles. The first-order valence-corrected chi connectivity index (χ1v) is 11.5. The van der Waals surface area contributed by atoms with Crippen LogP contribution in [0.1, 0.15) is 77.5 Å². The second-order valence-electron chi connectivity index (χ2n) is 10.9. The van der Waals surface area contributed by atoms with E-state index in [-0.39, 0.29) is 11.3 Å². The quantitative estimate of drug-likeness (QED) is 0.811. The molecule has 4 fully saturated rings. The van der Waals surface area contributed by atoms with Crippen LogP contribution < -0.4 is 0 Å². The average Bonchev–Trinajstić information content (AvgIpc) is 3.27. The number of oxazole rings is 1. The van der Waals surface area contributed by atoms with Crippen molar-refractivity contribution in [2.75, 3.05) is 0 Å². The maximum absolute atomic E-state index is 13.1. The molecule has 0 spiro atoms. The molecule has 0 bridgehead atoms. The van der Waals surface area contributed by atoms with Crippen LogP contribution in [0, 0.1) is 40.9 Å². The summed E-state index contributed by atoms with van der Waals surface area (Å²) in [7, 11) is 0. The number of carbonyl (C=O) groups is 1. The first-order valence-electron chi connectivity index (χ1n) is 11.5. The van der Waals surface area contributed by atoms with Gasteiger partial charge in [0.1, 0.15) is 12.0 Å². The number of Topliss-reactive ketones (excluding diaryl/α,β-unsaturated/α-hetero) is 1. The first kappa shape index (κ1) is 18.8. The fourth-order valence-corrected chi connectivity index (χ4v) is 8.22. The number of aromatic nitrogens is 1. The summed E-state index contributed by atoms with van der Waals surface area (Å²) < 4.78 is 5.34. The molecule has 4 aliphatic carbocycles. The van der Waals surface area contributed by atoms with Crippen molar-refractivity contribution in [3.05, 3.63) is 18.4 Å². The van der Waals surface area contributed by atoms with E-state index in [0.717, 1.165) is 42.9 Å². The van der Waals surface area contributed by atoms with Gasteiger partial charge in [0.15, 0.2) is 0 Å². The highest BCUT2D eigenvalue weighted by atomic mass is 16.3. The lowest BCUT2D eigenvalue weighted by molar-refractivity contribution is -0.132. The Morgan fingerprint density at radius 1 is 1.11 bits per heavy atom. The third kappa shape index (κ3) is 2.98. The molecule has 28 heavy (non-hydrogen) atoms. The molecule has 0 amide bonds. The number of rotatable bonds is 3. The number of hydrogen-bond donors (Lipinski definition) is 1. The van der Waals surface area contributed by atoms with Crippen LogP contribution in [0.15, 0.2) is 16.9 Å². The third-order valence-corrected chi connectivity index (χ3v) is 9.43. The summed E-state index contributed by atoms with van der Waals surface area (Å²) in [6.07, 6.45) is 14.1. The minimum absolute atomic E-state index is 0.165. The zero-order valence-electron chi connectivity index (χ0n) is 17.4. The van der Waals surface area contributed by atoms with Crippen LogP contribution in [0.2, 0.25) is 0 Å². The van der Waals surface area contributed by atoms with E-state index in [1.807, 2.05) is 6.92 Å². The largest absolute Gasteiger partial charge is 0.449 e. The summed E-state index contributed by atoms with van der Waals surface area (Å²) in [6, 6.07) is 0. The van der Waals surface area contributed by atoms with Crippen molar-refractivity contribution in [3.8, 4) is 0 Å². The van der Waals surface area contributed by atoms with Crippen LogP contribution in [0.3, 0.4) is 0 Å². The van der Waals surface area contributed by atoms with Crippen molar-refractivity contribution in [1.82, 2.24) is 4.98 Å². The predicted molar refractivity (Wildman–Crippen MR) is 106 cm³/mol. The molecule has 1 aromatic rings. The van der Waals surface area contributed by atoms with Crippen molar-refractivity contribution >= 4 is 5.78 Å². The third-order valence-electron chi connectivity index (χ3n) is 9.43. The van der Waals surface area contributed by atoms with E-state index >= 15 is 0 Å². The number of ketones is 1. The van der Waals surface area contributed by atoms with Crippen LogP contribution in [0.4, 0.5) is 0 Å². The van der Waals surface area contributed by atoms with Gasteiger partial charge in [-0.25, -0.2) is 4.98 Å². The minimum atomic E-state index is -0.443. The molecular weight excluding hydrogens is 350 g/mol. The summed E-state index contributed by atoms with van der Waals surface area (Å²) in [4.78, 5) is 17.3. The van der Waals surface area contributed by atoms with Crippen LogP contribution in [0.25, 0.3) is 0 Å². The van der Waals surface area contributed by atoms with Gasteiger partial charge >= 0.3 is 0 Å². The Morgan fingerprint density at radius 3 is 2.71 bits per heavy atom. The molecule has 4 nitrogen and oxygen atoms in total. The van der Waals surface area contributed by atoms with Crippen molar-refractivity contribution in [2.45, 2.75) is 83.7 Å². The average molecular weight is 386 g/mol. The fourth-order valence-electron chi connectivity index (χ4n) is 8.22. The van der Waals surface area contributed by atoms with Gasteiger partial charge in [-0.2, -0.15) is 0 Å². The molecule has 154 valence electrons. The lowest BCUT2D eigenvalue weighted by Crippen LogP contribution is -2.51. The number of hydrogen-bond acceptors (Lipinski definition) is 4. The lowest BCUT2D eigenvalue weighted by Gasteiger charge is -2.56. The first-order chi connectivity index (χ1) is 13.4.